The number of ether oxygens (including phenoxy) is 1. The number of alkyl halides is 3. The summed E-state index contributed by atoms with van der Waals surface area (Å²) in [4.78, 5) is 14.6. The molecule has 0 bridgehead atoms. The van der Waals surface area contributed by atoms with E-state index in [2.05, 4.69) is 10.3 Å². The van der Waals surface area contributed by atoms with E-state index in [4.69, 9.17) is 9.84 Å². The molecule has 0 radical (unpaired) electrons. The van der Waals surface area contributed by atoms with E-state index in [-0.39, 0.29) is 28.1 Å². The Hall–Kier alpha value is -2.29. The Balaban J connectivity index is 2.18. The molecule has 0 aliphatic carbocycles. The van der Waals surface area contributed by atoms with E-state index in [0.29, 0.717) is 6.42 Å². The van der Waals surface area contributed by atoms with E-state index in [0.717, 1.165) is 36.4 Å². The van der Waals surface area contributed by atoms with Gasteiger partial charge in [0.2, 0.25) is 0 Å². The van der Waals surface area contributed by atoms with Crippen molar-refractivity contribution in [2.24, 2.45) is 0 Å². The summed E-state index contributed by atoms with van der Waals surface area (Å²) in [5, 5.41) is 11.7. The van der Waals surface area contributed by atoms with Crippen molar-refractivity contribution in [2.45, 2.75) is 32.4 Å². The van der Waals surface area contributed by atoms with Crippen LogP contribution in [0.1, 0.15) is 41.4 Å². The highest BCUT2D eigenvalue weighted by Crippen LogP contribution is 2.38. The van der Waals surface area contributed by atoms with Crippen molar-refractivity contribution < 1.29 is 27.8 Å². The molecule has 0 atom stereocenters. The van der Waals surface area contributed by atoms with Gasteiger partial charge in [-0.1, -0.05) is 31.1 Å². The fraction of sp³-hybridized carbons (Fsp3) is 0.375. The van der Waals surface area contributed by atoms with E-state index < -0.39 is 17.7 Å². The highest BCUT2D eigenvalue weighted by atomic mass is 32.1. The van der Waals surface area contributed by atoms with Crippen LogP contribution in [0, 0.1) is 0 Å². The van der Waals surface area contributed by atoms with Crippen molar-refractivity contribution in [3.8, 4) is 5.75 Å². The molecular weight excluding hydrogens is 357 g/mol. The second kappa shape index (κ2) is 8.19. The van der Waals surface area contributed by atoms with Crippen molar-refractivity contribution in [3.63, 3.8) is 0 Å². The first-order valence-corrected chi connectivity index (χ1v) is 8.43. The molecule has 2 N–H and O–H groups in total. The van der Waals surface area contributed by atoms with Gasteiger partial charge in [0.1, 0.15) is 10.6 Å². The molecule has 9 heteroatoms. The molecule has 0 aliphatic rings. The lowest BCUT2D eigenvalue weighted by Gasteiger charge is -2.15. The smallest absolute Gasteiger partial charge is 0.420 e. The zero-order chi connectivity index (χ0) is 18.4. The summed E-state index contributed by atoms with van der Waals surface area (Å²) < 4.78 is 45.0. The quantitative estimate of drug-likeness (QED) is 0.624. The fourth-order valence-electron chi connectivity index (χ4n) is 2.04. The zero-order valence-corrected chi connectivity index (χ0v) is 14.2. The summed E-state index contributed by atoms with van der Waals surface area (Å²) in [5.41, 5.74) is -0.733. The third kappa shape index (κ3) is 5.35. The number of halogens is 3. The Morgan fingerprint density at radius 1 is 1.36 bits per heavy atom. The van der Waals surface area contributed by atoms with Gasteiger partial charge in [0, 0.05) is 5.69 Å². The van der Waals surface area contributed by atoms with E-state index in [1.54, 1.807) is 0 Å². The minimum atomic E-state index is -4.56. The standard InChI is InChI=1S/C16H17F3N2O3S/c1-2-3-4-7-24-12-6-5-10(8-11(12)16(17,18)19)21-15-20-9-13(25-15)14(22)23/h5-6,8-9H,2-4,7H2,1H3,(H,20,21)(H,22,23). The second-order valence-electron chi connectivity index (χ2n) is 5.22. The minimum Gasteiger partial charge on any atom is -0.493 e. The third-order valence-corrected chi connectivity index (χ3v) is 4.16. The normalized spacial score (nSPS) is 11.4. The largest absolute Gasteiger partial charge is 0.493 e. The van der Waals surface area contributed by atoms with Crippen molar-refractivity contribution >= 4 is 28.1 Å². The van der Waals surface area contributed by atoms with Crippen LogP contribution in [0.5, 0.6) is 5.75 Å². The number of unbranched alkanes of at least 4 members (excludes halogenated alkanes) is 2. The third-order valence-electron chi connectivity index (χ3n) is 3.26. The summed E-state index contributed by atoms with van der Waals surface area (Å²) in [6, 6.07) is 3.62. The molecule has 1 aromatic heterocycles. The SMILES string of the molecule is CCCCCOc1ccc(Nc2ncc(C(=O)O)s2)cc1C(F)(F)F. The van der Waals surface area contributed by atoms with Gasteiger partial charge < -0.3 is 15.2 Å². The number of carbonyl (C=O) groups is 1. The summed E-state index contributed by atoms with van der Waals surface area (Å²) in [6.45, 7) is 2.22. The molecule has 0 aliphatic heterocycles. The van der Waals surface area contributed by atoms with Crippen molar-refractivity contribution in [1.29, 1.82) is 0 Å². The van der Waals surface area contributed by atoms with Crippen molar-refractivity contribution in [2.75, 3.05) is 11.9 Å². The molecule has 5 nitrogen and oxygen atoms in total. The lowest BCUT2D eigenvalue weighted by Crippen LogP contribution is -2.10. The molecule has 1 heterocycles. The van der Waals surface area contributed by atoms with E-state index in [1.165, 1.54) is 12.1 Å². The predicted octanol–water partition coefficient (Wildman–Crippen LogP) is 5.17. The van der Waals surface area contributed by atoms with Gasteiger partial charge in [0.15, 0.2) is 5.13 Å². The van der Waals surface area contributed by atoms with Crippen LogP contribution in [-0.2, 0) is 6.18 Å². The number of aromatic carboxylic acids is 1. The van der Waals surface area contributed by atoms with Crippen LogP contribution in [0.25, 0.3) is 0 Å². The number of nitrogens with zero attached hydrogens (tertiary/aromatic N) is 1. The van der Waals surface area contributed by atoms with Crippen LogP contribution < -0.4 is 10.1 Å². The highest BCUT2D eigenvalue weighted by Gasteiger charge is 2.34. The highest BCUT2D eigenvalue weighted by molar-refractivity contribution is 7.17. The summed E-state index contributed by atoms with van der Waals surface area (Å²) in [7, 11) is 0. The fourth-order valence-corrected chi connectivity index (χ4v) is 2.72. The molecule has 0 spiro atoms. The van der Waals surface area contributed by atoms with Crippen molar-refractivity contribution in [3.05, 3.63) is 34.8 Å². The van der Waals surface area contributed by atoms with Gasteiger partial charge in [-0.3, -0.25) is 0 Å². The summed E-state index contributed by atoms with van der Waals surface area (Å²) in [5.74, 6) is -1.36. The first-order valence-electron chi connectivity index (χ1n) is 7.61. The minimum absolute atomic E-state index is 0.00516. The summed E-state index contributed by atoms with van der Waals surface area (Å²) >= 11 is 0.838. The zero-order valence-electron chi connectivity index (χ0n) is 13.4. The van der Waals surface area contributed by atoms with Gasteiger partial charge in [0.05, 0.1) is 18.4 Å². The molecule has 136 valence electrons. The molecule has 0 unspecified atom stereocenters. The molecule has 1 aromatic carbocycles. The number of rotatable bonds is 8. The van der Waals surface area contributed by atoms with Crippen LogP contribution in [0.4, 0.5) is 24.0 Å². The van der Waals surface area contributed by atoms with Gasteiger partial charge in [0.25, 0.3) is 0 Å². The van der Waals surface area contributed by atoms with Crippen LogP contribution in [-0.4, -0.2) is 22.7 Å². The number of hydrogen-bond donors (Lipinski definition) is 2. The number of aromatic nitrogens is 1. The monoisotopic (exact) mass is 374 g/mol. The van der Waals surface area contributed by atoms with Crippen LogP contribution in [0.15, 0.2) is 24.4 Å². The molecule has 0 saturated carbocycles. The van der Waals surface area contributed by atoms with E-state index >= 15 is 0 Å². The second-order valence-corrected chi connectivity index (χ2v) is 6.25. The number of benzene rings is 1. The maximum atomic E-state index is 13.3. The predicted molar refractivity (Wildman–Crippen MR) is 88.8 cm³/mol. The number of thiazole rings is 1. The molecule has 0 fully saturated rings. The molecule has 2 rings (SSSR count). The first-order chi connectivity index (χ1) is 11.8. The summed E-state index contributed by atoms with van der Waals surface area (Å²) in [6.07, 6.45) is -0.898. The van der Waals surface area contributed by atoms with E-state index in [1.807, 2.05) is 6.92 Å². The topological polar surface area (TPSA) is 71.5 Å². The Bertz CT molecular complexity index is 732. The Labute approximate surface area is 146 Å². The van der Waals surface area contributed by atoms with Crippen LogP contribution in [0.2, 0.25) is 0 Å². The molecular formula is C16H17F3N2O3S. The number of anilines is 2. The lowest BCUT2D eigenvalue weighted by atomic mass is 10.1. The van der Waals surface area contributed by atoms with E-state index in [9.17, 15) is 18.0 Å². The number of nitrogens with one attached hydrogen (secondary N) is 1. The molecule has 25 heavy (non-hydrogen) atoms. The number of hydrogen-bond acceptors (Lipinski definition) is 5. The van der Waals surface area contributed by atoms with Gasteiger partial charge in [-0.25, -0.2) is 9.78 Å². The lowest BCUT2D eigenvalue weighted by molar-refractivity contribution is -0.138. The first kappa shape index (κ1) is 19.0. The van der Waals surface area contributed by atoms with Gasteiger partial charge in [-0.15, -0.1) is 0 Å². The van der Waals surface area contributed by atoms with Crippen LogP contribution in [0.3, 0.4) is 0 Å². The van der Waals surface area contributed by atoms with Crippen LogP contribution >= 0.6 is 11.3 Å². The Morgan fingerprint density at radius 3 is 2.72 bits per heavy atom. The van der Waals surface area contributed by atoms with Gasteiger partial charge in [-0.2, -0.15) is 13.2 Å². The maximum Gasteiger partial charge on any atom is 0.420 e. The Morgan fingerprint density at radius 2 is 2.12 bits per heavy atom. The molecule has 0 amide bonds. The Kier molecular flexibility index (Phi) is 6.24. The van der Waals surface area contributed by atoms with Gasteiger partial charge >= 0.3 is 12.1 Å². The number of carboxylic acids is 1. The maximum absolute atomic E-state index is 13.3. The molecule has 2 aromatic rings. The number of carboxylic acid groups (broad SMARTS) is 1. The average Bonchev–Trinajstić information content (AvgIpc) is 3.00. The average molecular weight is 374 g/mol. The van der Waals surface area contributed by atoms with Gasteiger partial charge in [-0.05, 0) is 24.6 Å². The van der Waals surface area contributed by atoms with Crippen molar-refractivity contribution in [1.82, 2.24) is 4.98 Å². The molecule has 0 saturated heterocycles.